The van der Waals surface area contributed by atoms with Crippen LogP contribution in [0.5, 0.6) is 0 Å². The maximum atomic E-state index is 12.0. The van der Waals surface area contributed by atoms with Gasteiger partial charge in [0.1, 0.15) is 6.67 Å². The number of nitrogens with one attached hydrogen (secondary N) is 1. The quantitative estimate of drug-likeness (QED) is 0.579. The van der Waals surface area contributed by atoms with Gasteiger partial charge in [0.25, 0.3) is 0 Å². The Bertz CT molecular complexity index is 126. The Morgan fingerprint density at radius 2 is 2.40 bits per heavy atom. The number of halogens is 1. The summed E-state index contributed by atoms with van der Waals surface area (Å²) in [6.45, 7) is 1.04. The van der Waals surface area contributed by atoms with E-state index in [9.17, 15) is 4.39 Å². The Morgan fingerprint density at radius 1 is 1.60 bits per heavy atom. The summed E-state index contributed by atoms with van der Waals surface area (Å²) in [7, 11) is 0. The largest absolute Gasteiger partial charge is 0.372 e. The molecule has 0 aromatic heterocycles. The topological polar surface area (TPSA) is 21.3 Å². The summed E-state index contributed by atoms with van der Waals surface area (Å²) in [4.78, 5) is 0. The lowest BCUT2D eigenvalue weighted by atomic mass is 10.2. The molecule has 1 N–H and O–H groups in total. The van der Waals surface area contributed by atoms with Gasteiger partial charge in [-0.3, -0.25) is 0 Å². The average Bonchev–Trinajstić information content (AvgIpc) is 2.72. The van der Waals surface area contributed by atoms with E-state index in [2.05, 4.69) is 5.32 Å². The van der Waals surface area contributed by atoms with E-state index >= 15 is 0 Å². The summed E-state index contributed by atoms with van der Waals surface area (Å²) in [5.74, 6) is 0. The van der Waals surface area contributed by atoms with E-state index in [1.165, 1.54) is 12.8 Å². The maximum Gasteiger partial charge on any atom is 0.117 e. The fourth-order valence-electron chi connectivity index (χ4n) is 1.29. The van der Waals surface area contributed by atoms with Crippen LogP contribution in [-0.4, -0.2) is 31.5 Å². The Labute approximate surface area is 59.7 Å². The molecule has 0 bridgehead atoms. The number of morpholine rings is 1. The molecule has 0 radical (unpaired) electrons. The molecule has 58 valence electrons. The molecule has 1 saturated carbocycles. The zero-order chi connectivity index (χ0) is 7.03. The molecule has 1 spiro atoms. The van der Waals surface area contributed by atoms with Gasteiger partial charge in [-0.1, -0.05) is 0 Å². The van der Waals surface area contributed by atoms with Gasteiger partial charge in [-0.2, -0.15) is 0 Å². The number of ether oxygens (including phenoxy) is 1. The molecule has 2 fully saturated rings. The highest BCUT2D eigenvalue weighted by Crippen LogP contribution is 2.37. The van der Waals surface area contributed by atoms with Crippen molar-refractivity contribution in [2.24, 2.45) is 0 Å². The zero-order valence-corrected chi connectivity index (χ0v) is 5.90. The summed E-state index contributed by atoms with van der Waals surface area (Å²) in [5.41, 5.74) is 0.270. The van der Waals surface area contributed by atoms with E-state index in [-0.39, 0.29) is 18.3 Å². The Balaban J connectivity index is 1.84. The van der Waals surface area contributed by atoms with Gasteiger partial charge in [-0.05, 0) is 12.8 Å². The van der Waals surface area contributed by atoms with E-state index < -0.39 is 0 Å². The van der Waals surface area contributed by atoms with E-state index in [0.29, 0.717) is 13.2 Å². The summed E-state index contributed by atoms with van der Waals surface area (Å²) >= 11 is 0. The van der Waals surface area contributed by atoms with Gasteiger partial charge in [0, 0.05) is 12.1 Å². The summed E-state index contributed by atoms with van der Waals surface area (Å²) in [6, 6.07) is 0. The van der Waals surface area contributed by atoms with E-state index in [4.69, 9.17) is 4.74 Å². The van der Waals surface area contributed by atoms with Crippen LogP contribution in [0, 0.1) is 0 Å². The molecule has 1 heterocycles. The second-order valence-electron chi connectivity index (χ2n) is 3.25. The highest BCUT2D eigenvalue weighted by Gasteiger charge is 2.45. The van der Waals surface area contributed by atoms with Crippen molar-refractivity contribution in [3.63, 3.8) is 0 Å². The first-order valence-corrected chi connectivity index (χ1v) is 3.77. The summed E-state index contributed by atoms with van der Waals surface area (Å²) in [5, 5.41) is 3.31. The molecule has 0 amide bonds. The normalized spacial score (nSPS) is 36.3. The van der Waals surface area contributed by atoms with Crippen LogP contribution in [0.15, 0.2) is 0 Å². The highest BCUT2D eigenvalue weighted by atomic mass is 19.1. The van der Waals surface area contributed by atoms with Crippen molar-refractivity contribution in [2.45, 2.75) is 24.5 Å². The summed E-state index contributed by atoms with van der Waals surface area (Å²) < 4.78 is 17.3. The first-order chi connectivity index (χ1) is 4.85. The van der Waals surface area contributed by atoms with Crippen molar-refractivity contribution in [1.29, 1.82) is 0 Å². The minimum absolute atomic E-state index is 0.189. The third-order valence-electron chi connectivity index (χ3n) is 2.33. The summed E-state index contributed by atoms with van der Waals surface area (Å²) in [6.07, 6.45) is 2.21. The van der Waals surface area contributed by atoms with Gasteiger partial charge in [0.05, 0.1) is 12.7 Å². The number of rotatable bonds is 1. The van der Waals surface area contributed by atoms with Gasteiger partial charge in [0.2, 0.25) is 0 Å². The standard InChI is InChI=1S/C7H12FNO/c8-3-6-4-9-7(1-2-7)5-10-6/h6,9H,1-5H2. The van der Waals surface area contributed by atoms with Crippen LogP contribution in [0.2, 0.25) is 0 Å². The highest BCUT2D eigenvalue weighted by molar-refractivity contribution is 5.04. The predicted molar refractivity (Wildman–Crippen MR) is 35.7 cm³/mol. The molecule has 1 atom stereocenters. The molecule has 2 rings (SSSR count). The van der Waals surface area contributed by atoms with Crippen molar-refractivity contribution in [3.8, 4) is 0 Å². The van der Waals surface area contributed by atoms with Crippen LogP contribution >= 0.6 is 0 Å². The number of hydrogen-bond acceptors (Lipinski definition) is 2. The van der Waals surface area contributed by atoms with Crippen molar-refractivity contribution >= 4 is 0 Å². The number of alkyl halides is 1. The maximum absolute atomic E-state index is 12.0. The molecule has 3 heteroatoms. The van der Waals surface area contributed by atoms with Crippen LogP contribution in [0.1, 0.15) is 12.8 Å². The Hall–Kier alpha value is -0.150. The molecule has 2 nitrogen and oxygen atoms in total. The molecule has 10 heavy (non-hydrogen) atoms. The molecule has 0 aromatic rings. The lowest BCUT2D eigenvalue weighted by Crippen LogP contribution is -2.48. The molecule has 1 aliphatic heterocycles. The van der Waals surface area contributed by atoms with E-state index in [1.807, 2.05) is 0 Å². The lowest BCUT2D eigenvalue weighted by molar-refractivity contribution is -0.0149. The lowest BCUT2D eigenvalue weighted by Gasteiger charge is -2.28. The molecular formula is C7H12FNO. The Kier molecular flexibility index (Phi) is 1.42. The van der Waals surface area contributed by atoms with Crippen LogP contribution in [0.25, 0.3) is 0 Å². The minimum atomic E-state index is -0.358. The predicted octanol–water partition coefficient (Wildman–Crippen LogP) is 0.477. The van der Waals surface area contributed by atoms with Crippen LogP contribution in [-0.2, 0) is 4.74 Å². The van der Waals surface area contributed by atoms with Gasteiger partial charge < -0.3 is 10.1 Å². The molecular weight excluding hydrogens is 133 g/mol. The van der Waals surface area contributed by atoms with Crippen LogP contribution < -0.4 is 5.32 Å². The SMILES string of the molecule is FCC1CNC2(CC2)CO1. The first kappa shape index (κ1) is 6.55. The fraction of sp³-hybridized carbons (Fsp3) is 1.00. The smallest absolute Gasteiger partial charge is 0.117 e. The van der Waals surface area contributed by atoms with Gasteiger partial charge in [-0.25, -0.2) is 4.39 Å². The third-order valence-corrected chi connectivity index (χ3v) is 2.33. The second-order valence-corrected chi connectivity index (χ2v) is 3.25. The number of hydrogen-bond donors (Lipinski definition) is 1. The van der Waals surface area contributed by atoms with Gasteiger partial charge >= 0.3 is 0 Å². The monoisotopic (exact) mass is 145 g/mol. The molecule has 1 saturated heterocycles. The fourth-order valence-corrected chi connectivity index (χ4v) is 1.29. The van der Waals surface area contributed by atoms with Crippen LogP contribution in [0.4, 0.5) is 4.39 Å². The van der Waals surface area contributed by atoms with E-state index in [1.54, 1.807) is 0 Å². The Morgan fingerprint density at radius 3 is 2.80 bits per heavy atom. The molecule has 0 aromatic carbocycles. The van der Waals surface area contributed by atoms with Gasteiger partial charge in [-0.15, -0.1) is 0 Å². The average molecular weight is 145 g/mol. The van der Waals surface area contributed by atoms with Crippen LogP contribution in [0.3, 0.4) is 0 Å². The molecule has 1 unspecified atom stereocenters. The van der Waals surface area contributed by atoms with Gasteiger partial charge in [0.15, 0.2) is 0 Å². The third kappa shape index (κ3) is 1.04. The van der Waals surface area contributed by atoms with E-state index in [0.717, 1.165) is 0 Å². The molecule has 1 aliphatic carbocycles. The van der Waals surface area contributed by atoms with Crippen molar-refractivity contribution < 1.29 is 9.13 Å². The van der Waals surface area contributed by atoms with Crippen molar-refractivity contribution in [1.82, 2.24) is 5.32 Å². The zero-order valence-electron chi connectivity index (χ0n) is 5.90. The second kappa shape index (κ2) is 2.17. The molecule has 2 aliphatic rings. The minimum Gasteiger partial charge on any atom is -0.372 e. The first-order valence-electron chi connectivity index (χ1n) is 3.77. The van der Waals surface area contributed by atoms with Crippen molar-refractivity contribution in [3.05, 3.63) is 0 Å². The van der Waals surface area contributed by atoms with Crippen molar-refractivity contribution in [2.75, 3.05) is 19.8 Å².